The van der Waals surface area contributed by atoms with Gasteiger partial charge < -0.3 is 9.67 Å². The minimum atomic E-state index is -3.50. The van der Waals surface area contributed by atoms with Crippen LogP contribution in [0.4, 0.5) is 0 Å². The van der Waals surface area contributed by atoms with Crippen molar-refractivity contribution in [3.63, 3.8) is 0 Å². The molecule has 0 aliphatic heterocycles. The molecule has 0 aromatic carbocycles. The molecule has 0 spiro atoms. The topological polar surface area (TPSA) is 88.4 Å². The molecule has 16 heavy (non-hydrogen) atoms. The minimum Gasteiger partial charge on any atom is -0.481 e. The Morgan fingerprint density at radius 1 is 1.56 bits per heavy atom. The van der Waals surface area contributed by atoms with Crippen LogP contribution in [0.2, 0.25) is 0 Å². The van der Waals surface area contributed by atoms with E-state index in [2.05, 4.69) is 4.72 Å². The number of carbonyl (C=O) groups is 1. The van der Waals surface area contributed by atoms with Gasteiger partial charge in [0.05, 0.1) is 4.90 Å². The summed E-state index contributed by atoms with van der Waals surface area (Å²) in [5.74, 6) is -0.932. The van der Waals surface area contributed by atoms with Gasteiger partial charge >= 0.3 is 5.97 Å². The molecule has 0 saturated heterocycles. The highest BCUT2D eigenvalue weighted by atomic mass is 32.2. The molecule has 0 saturated carbocycles. The molecule has 2 N–H and O–H groups in total. The maximum atomic E-state index is 11.6. The van der Waals surface area contributed by atoms with Crippen molar-refractivity contribution in [2.24, 2.45) is 7.05 Å². The number of nitrogens with zero attached hydrogens (tertiary/aromatic N) is 1. The van der Waals surface area contributed by atoms with Crippen LogP contribution in [0.3, 0.4) is 0 Å². The first-order valence-electron chi connectivity index (χ1n) is 4.75. The number of carboxylic acids is 1. The van der Waals surface area contributed by atoms with Crippen LogP contribution in [0.5, 0.6) is 0 Å². The summed E-state index contributed by atoms with van der Waals surface area (Å²) in [6.07, 6.45) is 3.35. The number of aliphatic carboxylic acids is 1. The van der Waals surface area contributed by atoms with E-state index >= 15 is 0 Å². The molecule has 0 radical (unpaired) electrons. The van der Waals surface area contributed by atoms with E-state index in [0.717, 1.165) is 0 Å². The summed E-state index contributed by atoms with van der Waals surface area (Å²) in [5.41, 5.74) is 0. The molecule has 1 aromatic heterocycles. The molecular formula is C9H14N2O4S. The van der Waals surface area contributed by atoms with Gasteiger partial charge in [0.15, 0.2) is 0 Å². The Morgan fingerprint density at radius 3 is 2.75 bits per heavy atom. The lowest BCUT2D eigenvalue weighted by molar-refractivity contribution is -0.137. The summed E-state index contributed by atoms with van der Waals surface area (Å²) >= 11 is 0. The first kappa shape index (κ1) is 12.7. The fourth-order valence-electron chi connectivity index (χ4n) is 1.17. The Labute approximate surface area is 93.9 Å². The van der Waals surface area contributed by atoms with Gasteiger partial charge in [-0.15, -0.1) is 0 Å². The van der Waals surface area contributed by atoms with Crippen molar-refractivity contribution in [2.75, 3.05) is 6.54 Å². The van der Waals surface area contributed by atoms with E-state index in [1.54, 1.807) is 17.8 Å². The lowest BCUT2D eigenvalue weighted by atomic mass is 10.3. The number of rotatable bonds is 6. The van der Waals surface area contributed by atoms with Crippen molar-refractivity contribution in [2.45, 2.75) is 17.7 Å². The average molecular weight is 246 g/mol. The standard InChI is InChI=1S/C9H14N2O4S/c1-11-6-4-8(7-11)16(14,15)10-5-2-3-9(12)13/h4,6-7,10H,2-3,5H2,1H3,(H,12,13). The van der Waals surface area contributed by atoms with Crippen LogP contribution < -0.4 is 4.72 Å². The number of nitrogens with one attached hydrogen (secondary N) is 1. The van der Waals surface area contributed by atoms with Gasteiger partial charge in [-0.1, -0.05) is 0 Å². The van der Waals surface area contributed by atoms with E-state index in [4.69, 9.17) is 5.11 Å². The van der Waals surface area contributed by atoms with Crippen molar-refractivity contribution >= 4 is 16.0 Å². The highest BCUT2D eigenvalue weighted by Gasteiger charge is 2.14. The molecule has 1 heterocycles. The fourth-order valence-corrected chi connectivity index (χ4v) is 2.29. The highest BCUT2D eigenvalue weighted by Crippen LogP contribution is 2.07. The van der Waals surface area contributed by atoms with Gasteiger partial charge in [-0.3, -0.25) is 4.79 Å². The third-order valence-electron chi connectivity index (χ3n) is 1.97. The predicted octanol–water partition coefficient (Wildman–Crippen LogP) is 0.168. The molecule has 0 bridgehead atoms. The van der Waals surface area contributed by atoms with Crippen molar-refractivity contribution < 1.29 is 18.3 Å². The Kier molecular flexibility index (Phi) is 4.08. The van der Waals surface area contributed by atoms with Crippen molar-refractivity contribution in [1.29, 1.82) is 0 Å². The Balaban J connectivity index is 2.50. The largest absolute Gasteiger partial charge is 0.481 e. The number of sulfonamides is 1. The summed E-state index contributed by atoms with van der Waals surface area (Å²) in [5, 5.41) is 8.38. The SMILES string of the molecule is Cn1ccc(S(=O)(=O)NCCCC(=O)O)c1. The van der Waals surface area contributed by atoms with E-state index in [9.17, 15) is 13.2 Å². The van der Waals surface area contributed by atoms with Crippen LogP contribution in [-0.2, 0) is 21.9 Å². The summed E-state index contributed by atoms with van der Waals surface area (Å²) in [4.78, 5) is 10.4. The lowest BCUT2D eigenvalue weighted by Gasteiger charge is -2.03. The zero-order valence-electron chi connectivity index (χ0n) is 8.88. The molecule has 1 aromatic rings. The summed E-state index contributed by atoms with van der Waals surface area (Å²) in [6, 6.07) is 1.49. The molecule has 1 rings (SSSR count). The van der Waals surface area contributed by atoms with Crippen LogP contribution in [0.25, 0.3) is 0 Å². The van der Waals surface area contributed by atoms with Crippen molar-refractivity contribution in [1.82, 2.24) is 9.29 Å². The summed E-state index contributed by atoms with van der Waals surface area (Å²) in [6.45, 7) is 0.128. The molecule has 0 fully saturated rings. The molecule has 0 aliphatic rings. The number of hydrogen-bond acceptors (Lipinski definition) is 3. The van der Waals surface area contributed by atoms with Crippen molar-refractivity contribution in [3.8, 4) is 0 Å². The van der Waals surface area contributed by atoms with E-state index in [0.29, 0.717) is 0 Å². The fraction of sp³-hybridized carbons (Fsp3) is 0.444. The highest BCUT2D eigenvalue weighted by molar-refractivity contribution is 7.89. The molecule has 0 aliphatic carbocycles. The van der Waals surface area contributed by atoms with E-state index in [1.807, 2.05) is 0 Å². The third-order valence-corrected chi connectivity index (χ3v) is 3.42. The molecule has 90 valence electrons. The zero-order valence-corrected chi connectivity index (χ0v) is 9.70. The van der Waals surface area contributed by atoms with Gasteiger partial charge in [0.25, 0.3) is 0 Å². The second kappa shape index (κ2) is 5.13. The van der Waals surface area contributed by atoms with Gasteiger partial charge in [0.1, 0.15) is 0 Å². The molecule has 0 unspecified atom stereocenters. The maximum Gasteiger partial charge on any atom is 0.303 e. The number of hydrogen-bond donors (Lipinski definition) is 2. The number of aryl methyl sites for hydroxylation is 1. The van der Waals surface area contributed by atoms with Gasteiger partial charge in [0.2, 0.25) is 10.0 Å². The predicted molar refractivity (Wildman–Crippen MR) is 57.5 cm³/mol. The average Bonchev–Trinajstić information content (AvgIpc) is 2.60. The van der Waals surface area contributed by atoms with Crippen LogP contribution in [0.1, 0.15) is 12.8 Å². The Bertz CT molecular complexity index is 464. The molecule has 6 nitrogen and oxygen atoms in total. The normalized spacial score (nSPS) is 11.6. The number of aromatic nitrogens is 1. The molecular weight excluding hydrogens is 232 g/mol. The van der Waals surface area contributed by atoms with Gasteiger partial charge in [-0.2, -0.15) is 0 Å². The summed E-state index contributed by atoms with van der Waals surface area (Å²) in [7, 11) is -1.78. The first-order valence-corrected chi connectivity index (χ1v) is 6.23. The van der Waals surface area contributed by atoms with Crippen LogP contribution >= 0.6 is 0 Å². The minimum absolute atomic E-state index is 0.0443. The Morgan fingerprint density at radius 2 is 2.25 bits per heavy atom. The Hall–Kier alpha value is -1.34. The van der Waals surface area contributed by atoms with Gasteiger partial charge in [0, 0.05) is 32.4 Å². The smallest absolute Gasteiger partial charge is 0.303 e. The van der Waals surface area contributed by atoms with Gasteiger partial charge in [-0.25, -0.2) is 13.1 Å². The second-order valence-electron chi connectivity index (χ2n) is 3.41. The number of carboxylic acid groups (broad SMARTS) is 1. The van der Waals surface area contributed by atoms with Crippen LogP contribution in [0.15, 0.2) is 23.4 Å². The molecule has 0 atom stereocenters. The summed E-state index contributed by atoms with van der Waals surface area (Å²) < 4.78 is 27.2. The van der Waals surface area contributed by atoms with E-state index in [-0.39, 0.29) is 24.3 Å². The monoisotopic (exact) mass is 246 g/mol. The zero-order chi connectivity index (χ0) is 12.2. The molecule has 0 amide bonds. The second-order valence-corrected chi connectivity index (χ2v) is 5.17. The quantitative estimate of drug-likeness (QED) is 0.700. The molecule has 7 heteroatoms. The van der Waals surface area contributed by atoms with Crippen LogP contribution in [-0.4, -0.2) is 30.6 Å². The third kappa shape index (κ3) is 3.67. The van der Waals surface area contributed by atoms with Gasteiger partial charge in [-0.05, 0) is 12.5 Å². The van der Waals surface area contributed by atoms with E-state index in [1.165, 1.54) is 12.3 Å². The lowest BCUT2D eigenvalue weighted by Crippen LogP contribution is -2.24. The van der Waals surface area contributed by atoms with Crippen molar-refractivity contribution in [3.05, 3.63) is 18.5 Å². The maximum absolute atomic E-state index is 11.6. The van der Waals surface area contributed by atoms with Crippen LogP contribution in [0, 0.1) is 0 Å². The van der Waals surface area contributed by atoms with E-state index < -0.39 is 16.0 Å². The first-order chi connectivity index (χ1) is 7.42.